The molecule has 3 fully saturated rings. The zero-order valence-electron chi connectivity index (χ0n) is 16.4. The van der Waals surface area contributed by atoms with Crippen LogP contribution in [0.5, 0.6) is 0 Å². The zero-order valence-corrected chi connectivity index (χ0v) is 16.4. The molecule has 3 saturated heterocycles. The van der Waals surface area contributed by atoms with Crippen molar-refractivity contribution in [3.05, 3.63) is 71.0 Å². The highest BCUT2D eigenvalue weighted by atomic mass is 19.3. The number of piperidine rings is 3. The van der Waals surface area contributed by atoms with Crippen LogP contribution in [-0.2, 0) is 11.2 Å². The monoisotopic (exact) mass is 416 g/mol. The van der Waals surface area contributed by atoms with Gasteiger partial charge in [-0.05, 0) is 41.7 Å². The Morgan fingerprint density at radius 2 is 1.83 bits per heavy atom. The minimum atomic E-state index is -2.81. The van der Waals surface area contributed by atoms with Gasteiger partial charge in [-0.3, -0.25) is 4.90 Å². The number of carbonyl (C=O) groups excluding carboxylic acids is 1. The molecule has 6 rings (SSSR count). The number of fused-ring (bicyclic) bond motifs is 4. The van der Waals surface area contributed by atoms with E-state index in [0.717, 1.165) is 21.6 Å². The first kappa shape index (κ1) is 19.4. The van der Waals surface area contributed by atoms with Crippen LogP contribution in [-0.4, -0.2) is 47.7 Å². The number of hydrogen-bond donors (Lipinski definition) is 0. The summed E-state index contributed by atoms with van der Waals surface area (Å²) in [5.74, 6) is -0.666. The lowest BCUT2D eigenvalue weighted by Gasteiger charge is -2.49. The summed E-state index contributed by atoms with van der Waals surface area (Å²) in [5.41, 5.74) is 2.91. The van der Waals surface area contributed by atoms with E-state index < -0.39 is 24.3 Å². The highest BCUT2D eigenvalue weighted by Crippen LogP contribution is 2.43. The molecule has 4 aliphatic heterocycles. The van der Waals surface area contributed by atoms with Gasteiger partial charge in [-0.2, -0.15) is 8.78 Å². The molecule has 4 heterocycles. The SMILES string of the molecule is O=C(OC1CN2CCC1CC2(F)F)N1CCc2ccccc2[C@@H]1c1ccc(F)cc1. The molecule has 4 nitrogen and oxygen atoms in total. The van der Waals surface area contributed by atoms with Crippen LogP contribution in [0.2, 0.25) is 0 Å². The molecule has 0 spiro atoms. The predicted octanol–water partition coefficient (Wildman–Crippen LogP) is 4.60. The van der Waals surface area contributed by atoms with Crippen molar-refractivity contribution in [1.82, 2.24) is 9.80 Å². The average molecular weight is 416 g/mol. The summed E-state index contributed by atoms with van der Waals surface area (Å²) < 4.78 is 47.3. The predicted molar refractivity (Wildman–Crippen MR) is 105 cm³/mol. The second-order valence-corrected chi connectivity index (χ2v) is 8.38. The van der Waals surface area contributed by atoms with Crippen molar-refractivity contribution in [3.8, 4) is 0 Å². The maximum atomic E-state index is 14.0. The summed E-state index contributed by atoms with van der Waals surface area (Å²) in [4.78, 5) is 16.0. The van der Waals surface area contributed by atoms with Gasteiger partial charge in [-0.25, -0.2) is 14.1 Å². The van der Waals surface area contributed by atoms with E-state index in [-0.39, 0.29) is 24.7 Å². The van der Waals surface area contributed by atoms with Crippen molar-refractivity contribution in [2.45, 2.75) is 37.5 Å². The Kier molecular flexibility index (Phi) is 4.73. The summed E-state index contributed by atoms with van der Waals surface area (Å²) in [5, 5.41) is 0. The Morgan fingerprint density at radius 1 is 1.07 bits per heavy atom. The lowest BCUT2D eigenvalue weighted by atomic mass is 9.84. The summed E-state index contributed by atoms with van der Waals surface area (Å²) in [6, 6.07) is 10.8. The molecular formula is C23H23F3N2O2. The Balaban J connectivity index is 1.41. The molecule has 0 aliphatic carbocycles. The number of ether oxygens (including phenoxy) is 1. The third-order valence-corrected chi connectivity index (χ3v) is 6.62. The first-order chi connectivity index (χ1) is 14.4. The minimum absolute atomic E-state index is 0.0645. The molecule has 4 atom stereocenters. The largest absolute Gasteiger partial charge is 0.444 e. The van der Waals surface area contributed by atoms with Crippen LogP contribution < -0.4 is 0 Å². The average Bonchev–Trinajstić information content (AvgIpc) is 2.74. The standard InChI is InChI=1S/C23H23F3N2O2/c24-18-7-5-16(6-8-18)21-19-4-2-1-3-15(19)10-12-28(21)22(29)30-20-14-27-11-9-17(20)13-23(27,25)26/h1-8,17,20-21H,9-14H2/t17?,20?,21-/m0/s1. The van der Waals surface area contributed by atoms with Crippen LogP contribution in [0, 0.1) is 11.7 Å². The van der Waals surface area contributed by atoms with Crippen LogP contribution in [0.15, 0.2) is 48.5 Å². The van der Waals surface area contributed by atoms with Crippen molar-refractivity contribution < 1.29 is 22.7 Å². The van der Waals surface area contributed by atoms with E-state index in [4.69, 9.17) is 4.74 Å². The maximum Gasteiger partial charge on any atom is 0.410 e. The molecule has 4 aliphatic rings. The van der Waals surface area contributed by atoms with Crippen LogP contribution in [0.25, 0.3) is 0 Å². The quantitative estimate of drug-likeness (QED) is 0.671. The molecule has 30 heavy (non-hydrogen) atoms. The molecule has 0 aromatic heterocycles. The van der Waals surface area contributed by atoms with Gasteiger partial charge in [0.05, 0.1) is 6.04 Å². The molecule has 0 N–H and O–H groups in total. The van der Waals surface area contributed by atoms with Gasteiger partial charge >= 0.3 is 12.1 Å². The van der Waals surface area contributed by atoms with E-state index in [9.17, 15) is 18.0 Å². The number of halogens is 3. The van der Waals surface area contributed by atoms with Crippen molar-refractivity contribution in [2.75, 3.05) is 19.6 Å². The van der Waals surface area contributed by atoms with E-state index in [1.807, 2.05) is 24.3 Å². The Morgan fingerprint density at radius 3 is 2.53 bits per heavy atom. The fraction of sp³-hybridized carbons (Fsp3) is 0.435. The van der Waals surface area contributed by atoms with Crippen molar-refractivity contribution >= 4 is 6.09 Å². The lowest BCUT2D eigenvalue weighted by Crippen LogP contribution is -2.60. The first-order valence-electron chi connectivity index (χ1n) is 10.4. The van der Waals surface area contributed by atoms with Crippen LogP contribution in [0.3, 0.4) is 0 Å². The fourth-order valence-electron chi connectivity index (χ4n) is 5.04. The number of rotatable bonds is 2. The van der Waals surface area contributed by atoms with Crippen molar-refractivity contribution in [1.29, 1.82) is 0 Å². The normalized spacial score (nSPS) is 29.4. The molecule has 2 aromatic rings. The number of amides is 1. The third-order valence-electron chi connectivity index (χ3n) is 6.62. The summed E-state index contributed by atoms with van der Waals surface area (Å²) in [6.07, 6.45) is -0.00779. The van der Waals surface area contributed by atoms with Gasteiger partial charge in [0.25, 0.3) is 0 Å². The summed E-state index contributed by atoms with van der Waals surface area (Å²) in [6.45, 7) is 0.852. The lowest BCUT2D eigenvalue weighted by molar-refractivity contribution is -0.232. The van der Waals surface area contributed by atoms with E-state index in [1.54, 1.807) is 17.0 Å². The van der Waals surface area contributed by atoms with Gasteiger partial charge in [-0.15, -0.1) is 0 Å². The number of alkyl halides is 2. The van der Waals surface area contributed by atoms with Gasteiger partial charge in [0, 0.05) is 32.0 Å². The second kappa shape index (κ2) is 7.30. The van der Waals surface area contributed by atoms with Crippen LogP contribution in [0.4, 0.5) is 18.0 Å². The Bertz CT molecular complexity index is 950. The van der Waals surface area contributed by atoms with E-state index in [0.29, 0.717) is 25.9 Å². The molecular weight excluding hydrogens is 393 g/mol. The first-order valence-corrected chi connectivity index (χ1v) is 10.4. The van der Waals surface area contributed by atoms with Gasteiger partial charge < -0.3 is 4.74 Å². The van der Waals surface area contributed by atoms with Crippen LogP contribution >= 0.6 is 0 Å². The Hall–Kier alpha value is -2.54. The molecule has 2 bridgehead atoms. The summed E-state index contributed by atoms with van der Waals surface area (Å²) >= 11 is 0. The molecule has 2 aromatic carbocycles. The topological polar surface area (TPSA) is 32.8 Å². The van der Waals surface area contributed by atoms with Gasteiger partial charge in [0.2, 0.25) is 0 Å². The number of benzene rings is 2. The van der Waals surface area contributed by atoms with Crippen LogP contribution in [0.1, 0.15) is 35.6 Å². The molecule has 0 saturated carbocycles. The zero-order chi connectivity index (χ0) is 20.9. The number of hydrogen-bond acceptors (Lipinski definition) is 3. The number of nitrogens with zero attached hydrogens (tertiary/aromatic N) is 2. The molecule has 3 unspecified atom stereocenters. The van der Waals surface area contributed by atoms with Crippen molar-refractivity contribution in [3.63, 3.8) is 0 Å². The number of carbonyl (C=O) groups is 1. The fourth-order valence-corrected chi connectivity index (χ4v) is 5.04. The van der Waals surface area contributed by atoms with Crippen molar-refractivity contribution in [2.24, 2.45) is 5.92 Å². The minimum Gasteiger partial charge on any atom is -0.444 e. The maximum absolute atomic E-state index is 14.0. The highest BCUT2D eigenvalue weighted by molar-refractivity contribution is 5.70. The highest BCUT2D eigenvalue weighted by Gasteiger charge is 2.52. The summed E-state index contributed by atoms with van der Waals surface area (Å²) in [7, 11) is 0. The Labute approximate surface area is 173 Å². The third kappa shape index (κ3) is 3.35. The second-order valence-electron chi connectivity index (χ2n) is 8.38. The van der Waals surface area contributed by atoms with Gasteiger partial charge in [0.15, 0.2) is 0 Å². The van der Waals surface area contributed by atoms with E-state index in [1.165, 1.54) is 12.1 Å². The van der Waals surface area contributed by atoms with E-state index >= 15 is 0 Å². The molecule has 158 valence electrons. The molecule has 0 radical (unpaired) electrons. The molecule has 1 amide bonds. The molecule has 7 heteroatoms. The van der Waals surface area contributed by atoms with Gasteiger partial charge in [-0.1, -0.05) is 36.4 Å². The van der Waals surface area contributed by atoms with E-state index in [2.05, 4.69) is 0 Å². The smallest absolute Gasteiger partial charge is 0.410 e. The van der Waals surface area contributed by atoms with Gasteiger partial charge in [0.1, 0.15) is 11.9 Å².